The summed E-state index contributed by atoms with van der Waals surface area (Å²) in [6, 6.07) is 17.3. The highest BCUT2D eigenvalue weighted by Crippen LogP contribution is 2.33. The van der Waals surface area contributed by atoms with Gasteiger partial charge >= 0.3 is 0 Å². The molecule has 0 saturated heterocycles. The zero-order valence-electron chi connectivity index (χ0n) is 18.7. The van der Waals surface area contributed by atoms with Gasteiger partial charge in [-0.3, -0.25) is 9.59 Å². The number of furan rings is 1. The largest absolute Gasteiger partial charge is 0.490 e. The van der Waals surface area contributed by atoms with Crippen LogP contribution in [-0.2, 0) is 0 Å². The van der Waals surface area contributed by atoms with Crippen molar-refractivity contribution in [2.45, 2.75) is 13.8 Å². The molecule has 0 fully saturated rings. The van der Waals surface area contributed by atoms with E-state index in [4.69, 9.17) is 13.9 Å². The van der Waals surface area contributed by atoms with Crippen LogP contribution in [0.5, 0.6) is 11.5 Å². The average molecular weight is 462 g/mol. The van der Waals surface area contributed by atoms with E-state index in [1.165, 1.54) is 18.2 Å². The van der Waals surface area contributed by atoms with Crippen molar-refractivity contribution in [3.8, 4) is 11.5 Å². The van der Waals surface area contributed by atoms with Crippen molar-refractivity contribution in [1.82, 2.24) is 0 Å². The number of para-hydroxylation sites is 1. The molecule has 0 radical (unpaired) electrons. The zero-order chi connectivity index (χ0) is 24.1. The van der Waals surface area contributed by atoms with E-state index in [1.54, 1.807) is 48.5 Å². The van der Waals surface area contributed by atoms with E-state index in [0.29, 0.717) is 41.2 Å². The fourth-order valence-corrected chi connectivity index (χ4v) is 3.46. The number of hydrogen-bond acceptors (Lipinski definition) is 5. The number of hydrogen-bond donors (Lipinski definition) is 2. The molecule has 4 aromatic rings. The number of rotatable bonds is 8. The minimum Gasteiger partial charge on any atom is -0.490 e. The smallest absolute Gasteiger partial charge is 0.293 e. The van der Waals surface area contributed by atoms with Gasteiger partial charge in [0.2, 0.25) is 5.76 Å². The van der Waals surface area contributed by atoms with Crippen molar-refractivity contribution in [2.75, 3.05) is 23.8 Å². The highest BCUT2D eigenvalue weighted by atomic mass is 19.1. The van der Waals surface area contributed by atoms with Gasteiger partial charge in [-0.05, 0) is 62.4 Å². The molecule has 0 aliphatic carbocycles. The van der Waals surface area contributed by atoms with E-state index < -0.39 is 17.6 Å². The number of carbonyl (C=O) groups is 2. The quantitative estimate of drug-likeness (QED) is 0.342. The van der Waals surface area contributed by atoms with Gasteiger partial charge in [-0.25, -0.2) is 4.39 Å². The first-order valence-electron chi connectivity index (χ1n) is 10.8. The lowest BCUT2D eigenvalue weighted by atomic mass is 10.1. The van der Waals surface area contributed by atoms with E-state index in [2.05, 4.69) is 10.6 Å². The molecule has 7 nitrogen and oxygen atoms in total. The SMILES string of the molecule is CCOc1ccc(C(=O)Nc2c(C(=O)Nc3cccc(F)c3)oc3ccccc23)cc1OCC. The molecule has 2 N–H and O–H groups in total. The summed E-state index contributed by atoms with van der Waals surface area (Å²) in [7, 11) is 0. The third-order valence-electron chi connectivity index (χ3n) is 4.93. The van der Waals surface area contributed by atoms with Gasteiger partial charge in [0.25, 0.3) is 11.8 Å². The molecule has 0 bridgehead atoms. The van der Waals surface area contributed by atoms with Crippen LogP contribution in [0.15, 0.2) is 71.1 Å². The van der Waals surface area contributed by atoms with Gasteiger partial charge in [0.15, 0.2) is 11.5 Å². The lowest BCUT2D eigenvalue weighted by Crippen LogP contribution is -2.17. The Hall–Kier alpha value is -4.33. The third-order valence-corrected chi connectivity index (χ3v) is 4.93. The Kier molecular flexibility index (Phi) is 6.77. The topological polar surface area (TPSA) is 89.8 Å². The van der Waals surface area contributed by atoms with Crippen molar-refractivity contribution in [3.05, 3.63) is 83.9 Å². The first kappa shape index (κ1) is 22.8. The number of amides is 2. The van der Waals surface area contributed by atoms with Gasteiger partial charge in [0, 0.05) is 16.6 Å². The molecule has 1 heterocycles. The number of benzene rings is 3. The summed E-state index contributed by atoms with van der Waals surface area (Å²) in [5.74, 6) is -0.705. The first-order valence-corrected chi connectivity index (χ1v) is 10.8. The Balaban J connectivity index is 1.67. The summed E-state index contributed by atoms with van der Waals surface area (Å²) in [6.07, 6.45) is 0. The van der Waals surface area contributed by atoms with E-state index in [-0.39, 0.29) is 17.1 Å². The zero-order valence-corrected chi connectivity index (χ0v) is 18.7. The summed E-state index contributed by atoms with van der Waals surface area (Å²) in [6.45, 7) is 4.55. The first-order chi connectivity index (χ1) is 16.5. The molecule has 0 aliphatic rings. The van der Waals surface area contributed by atoms with Crippen LogP contribution in [-0.4, -0.2) is 25.0 Å². The molecular weight excluding hydrogens is 439 g/mol. The molecule has 8 heteroatoms. The van der Waals surface area contributed by atoms with Crippen molar-refractivity contribution in [1.29, 1.82) is 0 Å². The molecule has 4 rings (SSSR count). The third kappa shape index (κ3) is 4.85. The maximum absolute atomic E-state index is 13.5. The summed E-state index contributed by atoms with van der Waals surface area (Å²) in [5.41, 5.74) is 1.20. The molecule has 0 aliphatic heterocycles. The van der Waals surface area contributed by atoms with Gasteiger partial charge < -0.3 is 24.5 Å². The van der Waals surface area contributed by atoms with Crippen LogP contribution in [0.3, 0.4) is 0 Å². The number of ether oxygens (including phenoxy) is 2. The molecule has 0 unspecified atom stereocenters. The van der Waals surface area contributed by atoms with Crippen LogP contribution in [0.1, 0.15) is 34.8 Å². The van der Waals surface area contributed by atoms with E-state index in [1.807, 2.05) is 13.8 Å². The predicted molar refractivity (Wildman–Crippen MR) is 127 cm³/mol. The maximum atomic E-state index is 13.5. The fourth-order valence-electron chi connectivity index (χ4n) is 3.46. The van der Waals surface area contributed by atoms with Crippen LogP contribution >= 0.6 is 0 Å². The molecule has 3 aromatic carbocycles. The van der Waals surface area contributed by atoms with Crippen molar-refractivity contribution in [2.24, 2.45) is 0 Å². The minimum atomic E-state index is -0.626. The molecular formula is C26H23FN2O5. The normalized spacial score (nSPS) is 10.7. The molecule has 2 amide bonds. The van der Waals surface area contributed by atoms with Gasteiger partial charge in [0.1, 0.15) is 17.1 Å². The summed E-state index contributed by atoms with van der Waals surface area (Å²) in [5, 5.41) is 5.94. The van der Waals surface area contributed by atoms with Gasteiger partial charge in [-0.15, -0.1) is 0 Å². The summed E-state index contributed by atoms with van der Waals surface area (Å²) < 4.78 is 30.4. The van der Waals surface area contributed by atoms with Crippen LogP contribution < -0.4 is 20.1 Å². The molecule has 34 heavy (non-hydrogen) atoms. The average Bonchev–Trinajstić information content (AvgIpc) is 3.19. The standard InChI is InChI=1S/C26H23FN2O5/c1-3-32-21-13-12-16(14-22(21)33-4-2)25(30)29-23-19-10-5-6-11-20(19)34-24(23)26(31)28-18-9-7-8-17(27)15-18/h5-15H,3-4H2,1-2H3,(H,28,31)(H,29,30). The highest BCUT2D eigenvalue weighted by Gasteiger charge is 2.23. The lowest BCUT2D eigenvalue weighted by molar-refractivity contribution is 0.0999. The Morgan fingerprint density at radius 2 is 1.62 bits per heavy atom. The van der Waals surface area contributed by atoms with Gasteiger partial charge in [0.05, 0.1) is 13.2 Å². The summed E-state index contributed by atoms with van der Waals surface area (Å²) in [4.78, 5) is 26.1. The minimum absolute atomic E-state index is 0.102. The number of nitrogens with one attached hydrogen (secondary N) is 2. The second kappa shape index (κ2) is 10.1. The van der Waals surface area contributed by atoms with Crippen LogP contribution in [0.4, 0.5) is 15.8 Å². The molecule has 0 saturated carbocycles. The van der Waals surface area contributed by atoms with Crippen LogP contribution in [0, 0.1) is 5.82 Å². The number of fused-ring (bicyclic) bond motifs is 1. The fraction of sp³-hybridized carbons (Fsp3) is 0.154. The Labute approximate surface area is 195 Å². The Morgan fingerprint density at radius 1 is 0.853 bits per heavy atom. The number of halogens is 1. The summed E-state index contributed by atoms with van der Waals surface area (Å²) >= 11 is 0. The van der Waals surface area contributed by atoms with E-state index >= 15 is 0 Å². The number of anilines is 2. The van der Waals surface area contributed by atoms with Crippen LogP contribution in [0.25, 0.3) is 11.0 Å². The Bertz CT molecular complexity index is 1350. The molecule has 1 aromatic heterocycles. The van der Waals surface area contributed by atoms with Crippen molar-refractivity contribution < 1.29 is 27.9 Å². The van der Waals surface area contributed by atoms with Gasteiger partial charge in [-0.2, -0.15) is 0 Å². The number of carbonyl (C=O) groups excluding carboxylic acids is 2. The highest BCUT2D eigenvalue weighted by molar-refractivity contribution is 6.17. The van der Waals surface area contributed by atoms with Crippen molar-refractivity contribution >= 4 is 34.2 Å². The predicted octanol–water partition coefficient (Wildman–Crippen LogP) is 5.87. The molecule has 0 spiro atoms. The lowest BCUT2D eigenvalue weighted by Gasteiger charge is -2.12. The van der Waals surface area contributed by atoms with E-state index in [9.17, 15) is 14.0 Å². The monoisotopic (exact) mass is 462 g/mol. The second-order valence-corrected chi connectivity index (χ2v) is 7.25. The van der Waals surface area contributed by atoms with Gasteiger partial charge in [-0.1, -0.05) is 18.2 Å². The molecule has 174 valence electrons. The maximum Gasteiger partial charge on any atom is 0.293 e. The van der Waals surface area contributed by atoms with Crippen LogP contribution in [0.2, 0.25) is 0 Å². The van der Waals surface area contributed by atoms with Crippen molar-refractivity contribution in [3.63, 3.8) is 0 Å². The second-order valence-electron chi connectivity index (χ2n) is 7.25. The molecule has 0 atom stereocenters. The Morgan fingerprint density at radius 3 is 2.38 bits per heavy atom. The van der Waals surface area contributed by atoms with E-state index in [0.717, 1.165) is 0 Å².